The second-order valence-corrected chi connectivity index (χ2v) is 8.37. The number of hydrogen-bond donors (Lipinski definition) is 1. The van der Waals surface area contributed by atoms with Gasteiger partial charge in [0.05, 0.1) is 22.6 Å². The average Bonchev–Trinajstić information content (AvgIpc) is 3.36. The summed E-state index contributed by atoms with van der Waals surface area (Å²) >= 11 is 0. The van der Waals surface area contributed by atoms with Crippen LogP contribution in [-0.2, 0) is 12.7 Å². The number of halogens is 3. The molecule has 0 spiro atoms. The van der Waals surface area contributed by atoms with Crippen LogP contribution >= 0.6 is 0 Å². The molecule has 4 nitrogen and oxygen atoms in total. The van der Waals surface area contributed by atoms with Crippen molar-refractivity contribution >= 4 is 11.0 Å². The van der Waals surface area contributed by atoms with Crippen molar-refractivity contribution in [1.29, 1.82) is 0 Å². The second-order valence-electron chi connectivity index (χ2n) is 8.37. The molecule has 30 heavy (non-hydrogen) atoms. The summed E-state index contributed by atoms with van der Waals surface area (Å²) in [5.74, 6) is 0.885. The highest BCUT2D eigenvalue weighted by Crippen LogP contribution is 2.33. The zero-order chi connectivity index (χ0) is 21.6. The Kier molecular flexibility index (Phi) is 8.17. The van der Waals surface area contributed by atoms with E-state index in [2.05, 4.69) is 33.6 Å². The maximum absolute atomic E-state index is 13.2. The van der Waals surface area contributed by atoms with Gasteiger partial charge in [0.25, 0.3) is 0 Å². The number of aryl methyl sites for hydroxylation is 1. The summed E-state index contributed by atoms with van der Waals surface area (Å²) in [4.78, 5) is 7.18. The molecule has 0 saturated carbocycles. The van der Waals surface area contributed by atoms with Crippen molar-refractivity contribution in [2.45, 2.75) is 77.6 Å². The first-order chi connectivity index (χ1) is 14.4. The van der Waals surface area contributed by atoms with Crippen LogP contribution in [0, 0.1) is 0 Å². The number of alkyl halides is 3. The summed E-state index contributed by atoms with van der Waals surface area (Å²) in [7, 11) is 0. The molecule has 0 aliphatic carbocycles. The van der Waals surface area contributed by atoms with Crippen LogP contribution in [0.2, 0.25) is 0 Å². The zero-order valence-corrected chi connectivity index (χ0v) is 18.3. The van der Waals surface area contributed by atoms with E-state index in [1.54, 1.807) is 6.07 Å². The Morgan fingerprint density at radius 3 is 2.40 bits per heavy atom. The number of benzene rings is 1. The Bertz CT molecular complexity index is 786. The van der Waals surface area contributed by atoms with Gasteiger partial charge in [-0.25, -0.2) is 4.98 Å². The van der Waals surface area contributed by atoms with Gasteiger partial charge in [0.2, 0.25) is 0 Å². The van der Waals surface area contributed by atoms with E-state index in [0.29, 0.717) is 5.52 Å². The summed E-state index contributed by atoms with van der Waals surface area (Å²) in [5, 5.41) is 3.46. The summed E-state index contributed by atoms with van der Waals surface area (Å²) in [6.45, 7) is 9.39. The van der Waals surface area contributed by atoms with E-state index in [1.165, 1.54) is 37.8 Å². The molecule has 1 unspecified atom stereocenters. The van der Waals surface area contributed by atoms with Crippen molar-refractivity contribution in [3.05, 3.63) is 29.6 Å². The fourth-order valence-electron chi connectivity index (χ4n) is 4.28. The van der Waals surface area contributed by atoms with Gasteiger partial charge in [0.1, 0.15) is 5.82 Å². The molecule has 2 aromatic rings. The second kappa shape index (κ2) is 10.6. The largest absolute Gasteiger partial charge is 0.416 e. The van der Waals surface area contributed by atoms with Crippen molar-refractivity contribution < 1.29 is 13.2 Å². The summed E-state index contributed by atoms with van der Waals surface area (Å²) < 4.78 is 41.6. The molecule has 1 fully saturated rings. The lowest BCUT2D eigenvalue weighted by Gasteiger charge is -2.22. The highest BCUT2D eigenvalue weighted by molar-refractivity contribution is 5.77. The number of hydrogen-bond acceptors (Lipinski definition) is 3. The molecular weight excluding hydrogens is 389 g/mol. The summed E-state index contributed by atoms with van der Waals surface area (Å²) in [6.07, 6.45) is 3.46. The molecule has 1 aromatic heterocycles. The van der Waals surface area contributed by atoms with E-state index in [9.17, 15) is 13.2 Å². The number of rotatable bonds is 11. The quantitative estimate of drug-likeness (QED) is 0.497. The van der Waals surface area contributed by atoms with Crippen LogP contribution in [0.3, 0.4) is 0 Å². The maximum Gasteiger partial charge on any atom is 0.416 e. The topological polar surface area (TPSA) is 33.1 Å². The van der Waals surface area contributed by atoms with Crippen LogP contribution in [0.4, 0.5) is 13.2 Å². The van der Waals surface area contributed by atoms with Crippen molar-refractivity contribution in [3.63, 3.8) is 0 Å². The standard InChI is InChI=1S/C23H35F3N4/c1-3-5-13-29(14-6-4-2)15-8-16-30-21-11-10-18(23(24,25)26)17-20(21)28-22(30)19-9-7-12-27-19/h10-11,17,19,27H,3-9,12-16H2,1-2H3. The highest BCUT2D eigenvalue weighted by Gasteiger charge is 2.31. The van der Waals surface area contributed by atoms with Crippen LogP contribution in [0.15, 0.2) is 18.2 Å². The van der Waals surface area contributed by atoms with Gasteiger partial charge in [-0.05, 0) is 76.5 Å². The Hall–Kier alpha value is -1.60. The van der Waals surface area contributed by atoms with Gasteiger partial charge >= 0.3 is 6.18 Å². The minimum Gasteiger partial charge on any atom is -0.327 e. The van der Waals surface area contributed by atoms with Crippen molar-refractivity contribution in [2.75, 3.05) is 26.2 Å². The molecular formula is C23H35F3N4. The smallest absolute Gasteiger partial charge is 0.327 e. The molecule has 168 valence electrons. The normalized spacial score (nSPS) is 17.5. The molecule has 1 saturated heterocycles. The number of fused-ring (bicyclic) bond motifs is 1. The minimum absolute atomic E-state index is 0.128. The van der Waals surface area contributed by atoms with Gasteiger partial charge in [-0.1, -0.05) is 26.7 Å². The predicted octanol–water partition coefficient (Wildman–Crippen LogP) is 5.77. The van der Waals surface area contributed by atoms with Gasteiger partial charge in [0, 0.05) is 6.54 Å². The highest BCUT2D eigenvalue weighted by atomic mass is 19.4. The minimum atomic E-state index is -4.34. The first kappa shape index (κ1) is 23.1. The molecule has 1 aliphatic rings. The first-order valence-corrected chi connectivity index (χ1v) is 11.5. The Labute approximate surface area is 177 Å². The molecule has 0 bridgehead atoms. The fraction of sp³-hybridized carbons (Fsp3) is 0.696. The van der Waals surface area contributed by atoms with Gasteiger partial charge in [-0.3, -0.25) is 0 Å². The molecule has 1 aromatic carbocycles. The Morgan fingerprint density at radius 1 is 1.10 bits per heavy atom. The van der Waals surface area contributed by atoms with Crippen LogP contribution in [0.5, 0.6) is 0 Å². The maximum atomic E-state index is 13.2. The lowest BCUT2D eigenvalue weighted by atomic mass is 10.2. The van der Waals surface area contributed by atoms with E-state index < -0.39 is 11.7 Å². The van der Waals surface area contributed by atoms with Gasteiger partial charge in [-0.15, -0.1) is 0 Å². The average molecular weight is 425 g/mol. The van der Waals surface area contributed by atoms with E-state index >= 15 is 0 Å². The first-order valence-electron chi connectivity index (χ1n) is 11.5. The third kappa shape index (κ3) is 5.76. The third-order valence-electron chi connectivity index (χ3n) is 5.99. The molecule has 7 heteroatoms. The van der Waals surface area contributed by atoms with Gasteiger partial charge in [-0.2, -0.15) is 13.2 Å². The lowest BCUT2D eigenvalue weighted by molar-refractivity contribution is -0.137. The third-order valence-corrected chi connectivity index (χ3v) is 5.99. The van der Waals surface area contributed by atoms with Gasteiger partial charge < -0.3 is 14.8 Å². The molecule has 2 heterocycles. The molecule has 0 radical (unpaired) electrons. The Morgan fingerprint density at radius 2 is 1.80 bits per heavy atom. The van der Waals surface area contributed by atoms with Gasteiger partial charge in [0.15, 0.2) is 0 Å². The molecule has 1 aliphatic heterocycles. The molecule has 1 N–H and O–H groups in total. The summed E-state index contributed by atoms with van der Waals surface area (Å²) in [5.41, 5.74) is 0.624. The van der Waals surface area contributed by atoms with Crippen molar-refractivity contribution in [2.24, 2.45) is 0 Å². The van der Waals surface area contributed by atoms with Crippen molar-refractivity contribution in [3.8, 4) is 0 Å². The fourth-order valence-corrected chi connectivity index (χ4v) is 4.28. The van der Waals surface area contributed by atoms with E-state index in [-0.39, 0.29) is 6.04 Å². The van der Waals surface area contributed by atoms with Crippen LogP contribution in [-0.4, -0.2) is 40.6 Å². The van der Waals surface area contributed by atoms with Crippen LogP contribution < -0.4 is 5.32 Å². The molecule has 3 rings (SSSR count). The van der Waals surface area contributed by atoms with Crippen molar-refractivity contribution in [1.82, 2.24) is 19.8 Å². The summed E-state index contributed by atoms with van der Waals surface area (Å²) in [6, 6.07) is 4.10. The SMILES string of the molecule is CCCCN(CCCC)CCCn1c(C2CCCN2)nc2cc(C(F)(F)F)ccc21. The van der Waals surface area contributed by atoms with E-state index in [0.717, 1.165) is 63.3 Å². The number of aromatic nitrogens is 2. The number of nitrogens with zero attached hydrogens (tertiary/aromatic N) is 3. The number of imidazole rings is 1. The van der Waals surface area contributed by atoms with E-state index in [4.69, 9.17) is 0 Å². The van der Waals surface area contributed by atoms with Crippen LogP contribution in [0.1, 0.15) is 76.2 Å². The molecule has 0 amide bonds. The zero-order valence-electron chi connectivity index (χ0n) is 18.3. The monoisotopic (exact) mass is 424 g/mol. The van der Waals surface area contributed by atoms with Crippen LogP contribution in [0.25, 0.3) is 11.0 Å². The number of nitrogens with one attached hydrogen (secondary N) is 1. The lowest BCUT2D eigenvalue weighted by Crippen LogP contribution is -2.28. The predicted molar refractivity (Wildman–Crippen MR) is 116 cm³/mol. The Balaban J connectivity index is 1.79. The number of unbranched alkanes of at least 4 members (excludes halogenated alkanes) is 2. The van der Waals surface area contributed by atoms with E-state index in [1.807, 2.05) is 0 Å². The molecule has 1 atom stereocenters.